The van der Waals surface area contributed by atoms with Gasteiger partial charge in [-0.2, -0.15) is 0 Å². The van der Waals surface area contributed by atoms with E-state index in [-0.39, 0.29) is 11.9 Å². The number of hydrogen-bond donors (Lipinski definition) is 2. The molecule has 0 aromatic heterocycles. The van der Waals surface area contributed by atoms with E-state index in [0.29, 0.717) is 12.8 Å². The third-order valence-corrected chi connectivity index (χ3v) is 3.41. The van der Waals surface area contributed by atoms with Crippen molar-refractivity contribution in [2.75, 3.05) is 18.4 Å². The lowest BCUT2D eigenvalue weighted by molar-refractivity contribution is -0.116. The predicted octanol–water partition coefficient (Wildman–Crippen LogP) is 2.59. The first-order valence-electron chi connectivity index (χ1n) is 7.42. The third-order valence-electron chi connectivity index (χ3n) is 3.41. The maximum absolute atomic E-state index is 11.9. The van der Waals surface area contributed by atoms with Crippen LogP contribution in [0.15, 0.2) is 24.3 Å². The second kappa shape index (κ2) is 8.72. The van der Waals surface area contributed by atoms with Crippen LogP contribution in [0.1, 0.15) is 39.2 Å². The zero-order chi connectivity index (χ0) is 15.0. The Morgan fingerprint density at radius 1 is 1.30 bits per heavy atom. The fourth-order valence-electron chi connectivity index (χ4n) is 2.04. The Morgan fingerprint density at radius 3 is 2.55 bits per heavy atom. The van der Waals surface area contributed by atoms with Crippen LogP contribution in [0.5, 0.6) is 0 Å². The molecule has 1 atom stereocenters. The Labute approximate surface area is 122 Å². The van der Waals surface area contributed by atoms with Gasteiger partial charge in [0.25, 0.3) is 0 Å². The molecule has 0 saturated heterocycles. The van der Waals surface area contributed by atoms with Crippen molar-refractivity contribution in [3.05, 3.63) is 29.8 Å². The highest BCUT2D eigenvalue weighted by Crippen LogP contribution is 2.17. The van der Waals surface area contributed by atoms with E-state index in [0.717, 1.165) is 30.9 Å². The summed E-state index contributed by atoms with van der Waals surface area (Å²) in [5, 5.41) is 3.00. The molecule has 1 unspecified atom stereocenters. The second-order valence-electron chi connectivity index (χ2n) is 5.18. The van der Waals surface area contributed by atoms with Gasteiger partial charge >= 0.3 is 0 Å². The molecular formula is C16H27N3O. The Morgan fingerprint density at radius 2 is 1.95 bits per heavy atom. The van der Waals surface area contributed by atoms with E-state index in [1.54, 1.807) is 0 Å². The summed E-state index contributed by atoms with van der Waals surface area (Å²) in [5.41, 5.74) is 7.75. The van der Waals surface area contributed by atoms with Gasteiger partial charge in [0.05, 0.1) is 0 Å². The number of hydrogen-bond acceptors (Lipinski definition) is 3. The van der Waals surface area contributed by atoms with Crippen LogP contribution in [0.4, 0.5) is 5.69 Å². The van der Waals surface area contributed by atoms with Gasteiger partial charge in [0, 0.05) is 24.7 Å². The number of rotatable bonds is 8. The summed E-state index contributed by atoms with van der Waals surface area (Å²) in [6.07, 6.45) is 1.18. The molecule has 1 aromatic carbocycles. The molecule has 0 aliphatic heterocycles. The van der Waals surface area contributed by atoms with Crippen molar-refractivity contribution in [3.63, 3.8) is 0 Å². The van der Waals surface area contributed by atoms with Crippen molar-refractivity contribution < 1.29 is 4.79 Å². The molecule has 4 nitrogen and oxygen atoms in total. The van der Waals surface area contributed by atoms with E-state index in [1.165, 1.54) is 0 Å². The lowest BCUT2D eigenvalue weighted by Crippen LogP contribution is -2.24. The number of benzene rings is 1. The van der Waals surface area contributed by atoms with Crippen LogP contribution in [-0.4, -0.2) is 29.9 Å². The van der Waals surface area contributed by atoms with Gasteiger partial charge in [0.15, 0.2) is 0 Å². The molecule has 0 aliphatic carbocycles. The summed E-state index contributed by atoms with van der Waals surface area (Å²) in [6.45, 7) is 9.08. The van der Waals surface area contributed by atoms with Crippen molar-refractivity contribution in [2.45, 2.75) is 46.2 Å². The number of carbonyl (C=O) groups excluding carboxylic acids is 1. The van der Waals surface area contributed by atoms with Gasteiger partial charge in [-0.15, -0.1) is 0 Å². The van der Waals surface area contributed by atoms with Gasteiger partial charge < -0.3 is 11.1 Å². The summed E-state index contributed by atoms with van der Waals surface area (Å²) in [5.74, 6) is 0.0364. The standard InChI is InChI=1S/C16H27N3O/c1-4-19(5-2)12-14-8-6-7-9-15(14)18-16(20)11-10-13(3)17/h6-9,13H,4-5,10-12,17H2,1-3H3,(H,18,20). The van der Waals surface area contributed by atoms with E-state index in [1.807, 2.05) is 25.1 Å². The van der Waals surface area contributed by atoms with Gasteiger partial charge in [0.2, 0.25) is 5.91 Å². The summed E-state index contributed by atoms with van der Waals surface area (Å²) in [4.78, 5) is 14.2. The smallest absolute Gasteiger partial charge is 0.224 e. The first kappa shape index (κ1) is 16.7. The van der Waals surface area contributed by atoms with Gasteiger partial charge in [-0.1, -0.05) is 32.0 Å². The number of anilines is 1. The van der Waals surface area contributed by atoms with Crippen LogP contribution in [0.3, 0.4) is 0 Å². The molecule has 0 saturated carbocycles. The number of carbonyl (C=O) groups is 1. The Balaban J connectivity index is 2.67. The van der Waals surface area contributed by atoms with E-state index in [9.17, 15) is 4.79 Å². The van der Waals surface area contributed by atoms with Crippen LogP contribution < -0.4 is 11.1 Å². The van der Waals surface area contributed by atoms with E-state index in [4.69, 9.17) is 5.73 Å². The highest BCUT2D eigenvalue weighted by molar-refractivity contribution is 5.91. The maximum atomic E-state index is 11.9. The van der Waals surface area contributed by atoms with Crippen molar-refractivity contribution in [1.82, 2.24) is 4.90 Å². The van der Waals surface area contributed by atoms with Crippen molar-refractivity contribution in [1.29, 1.82) is 0 Å². The highest BCUT2D eigenvalue weighted by atomic mass is 16.1. The maximum Gasteiger partial charge on any atom is 0.224 e. The van der Waals surface area contributed by atoms with Gasteiger partial charge in [-0.05, 0) is 38.1 Å². The fourth-order valence-corrected chi connectivity index (χ4v) is 2.04. The summed E-state index contributed by atoms with van der Waals surface area (Å²) in [6, 6.07) is 8.05. The number of amides is 1. The van der Waals surface area contributed by atoms with E-state index >= 15 is 0 Å². The Kier molecular flexibility index (Phi) is 7.26. The average Bonchev–Trinajstić information content (AvgIpc) is 2.44. The van der Waals surface area contributed by atoms with Crippen LogP contribution >= 0.6 is 0 Å². The van der Waals surface area contributed by atoms with Gasteiger partial charge in [0.1, 0.15) is 0 Å². The summed E-state index contributed by atoms with van der Waals surface area (Å²) in [7, 11) is 0. The summed E-state index contributed by atoms with van der Waals surface area (Å²) < 4.78 is 0. The molecule has 0 spiro atoms. The minimum absolute atomic E-state index is 0.0364. The fraction of sp³-hybridized carbons (Fsp3) is 0.562. The van der Waals surface area contributed by atoms with Crippen molar-refractivity contribution in [3.8, 4) is 0 Å². The van der Waals surface area contributed by atoms with Crippen molar-refractivity contribution >= 4 is 11.6 Å². The lowest BCUT2D eigenvalue weighted by Gasteiger charge is -2.20. The lowest BCUT2D eigenvalue weighted by atomic mass is 10.1. The van der Waals surface area contributed by atoms with Crippen molar-refractivity contribution in [2.24, 2.45) is 5.73 Å². The summed E-state index contributed by atoms with van der Waals surface area (Å²) >= 11 is 0. The molecule has 1 aromatic rings. The first-order valence-corrected chi connectivity index (χ1v) is 7.42. The SMILES string of the molecule is CCN(CC)Cc1ccccc1NC(=O)CCC(C)N. The molecular weight excluding hydrogens is 250 g/mol. The number of nitrogens with two attached hydrogens (primary N) is 1. The largest absolute Gasteiger partial charge is 0.328 e. The molecule has 0 heterocycles. The second-order valence-corrected chi connectivity index (χ2v) is 5.18. The average molecular weight is 277 g/mol. The first-order chi connectivity index (χ1) is 9.56. The highest BCUT2D eigenvalue weighted by Gasteiger charge is 2.09. The van der Waals surface area contributed by atoms with Crippen LogP contribution in [0.25, 0.3) is 0 Å². The third kappa shape index (κ3) is 5.72. The molecule has 112 valence electrons. The van der Waals surface area contributed by atoms with Crippen LogP contribution in [0, 0.1) is 0 Å². The molecule has 1 rings (SSSR count). The number of para-hydroxylation sites is 1. The normalized spacial score (nSPS) is 12.4. The Bertz CT molecular complexity index is 414. The van der Waals surface area contributed by atoms with Gasteiger partial charge in [-0.3, -0.25) is 9.69 Å². The minimum atomic E-state index is 0.0364. The van der Waals surface area contributed by atoms with E-state index < -0.39 is 0 Å². The zero-order valence-electron chi connectivity index (χ0n) is 12.9. The number of nitrogens with zero attached hydrogens (tertiary/aromatic N) is 1. The molecule has 1 amide bonds. The zero-order valence-corrected chi connectivity index (χ0v) is 12.9. The molecule has 4 heteroatoms. The molecule has 3 N–H and O–H groups in total. The quantitative estimate of drug-likeness (QED) is 0.768. The molecule has 0 bridgehead atoms. The van der Waals surface area contributed by atoms with E-state index in [2.05, 4.69) is 30.1 Å². The van der Waals surface area contributed by atoms with Crippen LogP contribution in [0.2, 0.25) is 0 Å². The minimum Gasteiger partial charge on any atom is -0.328 e. The molecule has 20 heavy (non-hydrogen) atoms. The monoisotopic (exact) mass is 277 g/mol. The molecule has 0 aliphatic rings. The topological polar surface area (TPSA) is 58.4 Å². The molecule has 0 radical (unpaired) electrons. The van der Waals surface area contributed by atoms with Crippen LogP contribution in [-0.2, 0) is 11.3 Å². The Hall–Kier alpha value is -1.39. The molecule has 0 fully saturated rings. The predicted molar refractivity (Wildman–Crippen MR) is 84.6 cm³/mol. The van der Waals surface area contributed by atoms with Gasteiger partial charge in [-0.25, -0.2) is 0 Å². The number of nitrogens with one attached hydrogen (secondary N) is 1.